The summed E-state index contributed by atoms with van der Waals surface area (Å²) in [7, 11) is 0. The molecule has 4 heterocycles. The number of aromatic amines is 1. The molecule has 0 unspecified atom stereocenters. The number of imidazole rings is 1. The van der Waals surface area contributed by atoms with E-state index in [1.807, 2.05) is 45.9 Å². The number of piperidine rings is 1. The lowest BCUT2D eigenvalue weighted by molar-refractivity contribution is -0.121. The fourth-order valence-corrected chi connectivity index (χ4v) is 6.30. The van der Waals surface area contributed by atoms with E-state index in [0.29, 0.717) is 42.4 Å². The highest BCUT2D eigenvalue weighted by molar-refractivity contribution is 7.09. The van der Waals surface area contributed by atoms with E-state index >= 15 is 0 Å². The van der Waals surface area contributed by atoms with Gasteiger partial charge in [0.05, 0.1) is 23.3 Å². The van der Waals surface area contributed by atoms with Crippen LogP contribution in [0.2, 0.25) is 0 Å². The maximum atomic E-state index is 13.3. The normalized spacial score (nSPS) is 16.3. The molecular weight excluding hydrogens is 526 g/mol. The molecule has 9 nitrogen and oxygen atoms in total. The number of H-pyrrole nitrogens is 1. The van der Waals surface area contributed by atoms with Gasteiger partial charge in [-0.1, -0.05) is 39.0 Å². The Kier molecular flexibility index (Phi) is 6.74. The van der Waals surface area contributed by atoms with Crippen molar-refractivity contribution < 1.29 is 14.3 Å². The summed E-state index contributed by atoms with van der Waals surface area (Å²) in [6.07, 6.45) is 2.36. The lowest BCUT2D eigenvalue weighted by Gasteiger charge is -2.32. The fourth-order valence-electron chi connectivity index (χ4n) is 5.54. The number of carbonyl (C=O) groups is 2. The Bertz CT molecular complexity index is 1640. The molecular formula is C30H33N5O4S. The van der Waals surface area contributed by atoms with E-state index in [4.69, 9.17) is 4.74 Å². The van der Waals surface area contributed by atoms with E-state index in [9.17, 15) is 14.4 Å². The Balaban J connectivity index is 1.15. The summed E-state index contributed by atoms with van der Waals surface area (Å²) < 4.78 is 7.52. The van der Waals surface area contributed by atoms with Crippen molar-refractivity contribution in [1.29, 1.82) is 0 Å². The first kappa shape index (κ1) is 26.3. The third-order valence-electron chi connectivity index (χ3n) is 8.37. The summed E-state index contributed by atoms with van der Waals surface area (Å²) in [5.41, 5.74) is 3.86. The summed E-state index contributed by atoms with van der Waals surface area (Å²) in [5.74, 6) is 0.435. The number of rotatable bonds is 6. The number of hydrogen-bond acceptors (Lipinski definition) is 6. The van der Waals surface area contributed by atoms with Gasteiger partial charge in [0.15, 0.2) is 6.61 Å². The zero-order valence-electron chi connectivity index (χ0n) is 23.0. The number of amides is 2. The number of hydrogen-bond donors (Lipinski definition) is 1. The molecule has 6 rings (SSSR count). The van der Waals surface area contributed by atoms with Gasteiger partial charge >= 0.3 is 5.69 Å². The van der Waals surface area contributed by atoms with Gasteiger partial charge in [-0.15, -0.1) is 11.3 Å². The standard InChI is InChI=1S/C30H33N5O4S/c1-4-30(2,3)19-9-10-25-24(15-19)34(27(36)17-39-25)16-26-31-22(18-40-26)28(37)33-13-11-20(12-14-33)35-23-8-6-5-7-21(23)32-29(35)38/h5-10,15,18,20H,4,11-14,16-17H2,1-3H3,(H,32,38). The molecule has 1 N–H and O–H groups in total. The molecule has 40 heavy (non-hydrogen) atoms. The third-order valence-corrected chi connectivity index (χ3v) is 9.21. The van der Waals surface area contributed by atoms with Gasteiger partial charge in [0.1, 0.15) is 16.5 Å². The summed E-state index contributed by atoms with van der Waals surface area (Å²) in [5, 5.41) is 2.47. The Labute approximate surface area is 236 Å². The van der Waals surface area contributed by atoms with Gasteiger partial charge in [-0.2, -0.15) is 0 Å². The summed E-state index contributed by atoms with van der Waals surface area (Å²) in [6.45, 7) is 7.89. The molecule has 2 aliphatic rings. The molecule has 0 spiro atoms. The molecule has 2 aromatic carbocycles. The molecule has 2 aromatic heterocycles. The molecule has 4 aromatic rings. The number of thiazole rings is 1. The third kappa shape index (κ3) is 4.70. The molecule has 0 saturated carbocycles. The number of nitrogens with one attached hydrogen (secondary N) is 1. The van der Waals surface area contributed by atoms with Crippen molar-refractivity contribution in [3.63, 3.8) is 0 Å². The predicted octanol–water partition coefficient (Wildman–Crippen LogP) is 4.88. The van der Waals surface area contributed by atoms with E-state index in [-0.39, 0.29) is 42.1 Å². The largest absolute Gasteiger partial charge is 0.482 e. The van der Waals surface area contributed by atoms with Crippen molar-refractivity contribution in [1.82, 2.24) is 19.4 Å². The zero-order chi connectivity index (χ0) is 28.0. The molecule has 1 fully saturated rings. The number of fused-ring (bicyclic) bond motifs is 2. The molecule has 1 saturated heterocycles. The van der Waals surface area contributed by atoms with Crippen LogP contribution in [0.15, 0.2) is 52.6 Å². The molecule has 0 bridgehead atoms. The number of anilines is 1. The quantitative estimate of drug-likeness (QED) is 0.363. The van der Waals surface area contributed by atoms with Gasteiger partial charge in [0.25, 0.3) is 11.8 Å². The minimum atomic E-state index is -0.128. The van der Waals surface area contributed by atoms with Gasteiger partial charge in [-0.3, -0.25) is 19.1 Å². The van der Waals surface area contributed by atoms with Crippen molar-refractivity contribution in [3.8, 4) is 5.75 Å². The van der Waals surface area contributed by atoms with Crippen LogP contribution in [0.4, 0.5) is 5.69 Å². The first-order chi connectivity index (χ1) is 19.2. The minimum absolute atomic E-state index is 0.0187. The summed E-state index contributed by atoms with van der Waals surface area (Å²) in [4.78, 5) is 49.9. The Morgan fingerprint density at radius 3 is 2.70 bits per heavy atom. The van der Waals surface area contributed by atoms with Crippen LogP contribution in [-0.2, 0) is 16.8 Å². The van der Waals surface area contributed by atoms with Crippen molar-refractivity contribution >= 4 is 39.9 Å². The van der Waals surface area contributed by atoms with E-state index in [0.717, 1.165) is 28.7 Å². The highest BCUT2D eigenvalue weighted by Gasteiger charge is 2.31. The number of benzene rings is 2. The van der Waals surface area contributed by atoms with E-state index < -0.39 is 0 Å². The second-order valence-electron chi connectivity index (χ2n) is 11.2. The van der Waals surface area contributed by atoms with Crippen LogP contribution in [-0.4, -0.2) is 50.9 Å². The minimum Gasteiger partial charge on any atom is -0.482 e. The second-order valence-corrected chi connectivity index (χ2v) is 12.1. The fraction of sp³-hybridized carbons (Fsp3) is 0.400. The Morgan fingerprint density at radius 2 is 1.93 bits per heavy atom. The number of ether oxygens (including phenoxy) is 1. The SMILES string of the molecule is CCC(C)(C)c1ccc2c(c1)N(Cc1nc(C(=O)N3CCC(n4c(=O)[nH]c5ccccc54)CC3)cs1)C(=O)CO2. The van der Waals surface area contributed by atoms with Crippen LogP contribution in [0.3, 0.4) is 0 Å². The van der Waals surface area contributed by atoms with Crippen LogP contribution in [0.1, 0.15) is 67.1 Å². The van der Waals surface area contributed by atoms with Crippen molar-refractivity contribution in [2.75, 3.05) is 24.6 Å². The average Bonchev–Trinajstić information content (AvgIpc) is 3.57. The summed E-state index contributed by atoms with van der Waals surface area (Å²) in [6, 6.07) is 13.8. The van der Waals surface area contributed by atoms with Crippen molar-refractivity contribution in [2.45, 2.75) is 58.0 Å². The average molecular weight is 560 g/mol. The summed E-state index contributed by atoms with van der Waals surface area (Å²) >= 11 is 1.39. The van der Waals surface area contributed by atoms with Gasteiger partial charge < -0.3 is 14.6 Å². The Hall–Kier alpha value is -3.92. The van der Waals surface area contributed by atoms with Gasteiger partial charge in [0, 0.05) is 24.5 Å². The Morgan fingerprint density at radius 1 is 1.15 bits per heavy atom. The van der Waals surface area contributed by atoms with Gasteiger partial charge in [-0.05, 0) is 54.5 Å². The first-order valence-electron chi connectivity index (χ1n) is 13.8. The molecule has 0 atom stereocenters. The predicted molar refractivity (Wildman–Crippen MR) is 155 cm³/mol. The maximum Gasteiger partial charge on any atom is 0.326 e. The zero-order valence-corrected chi connectivity index (χ0v) is 23.8. The van der Waals surface area contributed by atoms with Crippen LogP contribution in [0.25, 0.3) is 11.0 Å². The maximum absolute atomic E-state index is 13.3. The highest BCUT2D eigenvalue weighted by atomic mass is 32.1. The van der Waals surface area contributed by atoms with E-state index in [1.165, 1.54) is 11.3 Å². The van der Waals surface area contributed by atoms with Crippen molar-refractivity contribution in [3.05, 3.63) is 74.6 Å². The smallest absolute Gasteiger partial charge is 0.326 e. The van der Waals surface area contributed by atoms with Crippen LogP contribution >= 0.6 is 11.3 Å². The topological polar surface area (TPSA) is 101 Å². The monoisotopic (exact) mass is 559 g/mol. The molecule has 208 valence electrons. The van der Waals surface area contributed by atoms with E-state index in [2.05, 4.69) is 36.8 Å². The molecule has 2 amide bonds. The molecule has 2 aliphatic heterocycles. The first-order valence-corrected chi connectivity index (χ1v) is 14.6. The molecule has 10 heteroatoms. The highest BCUT2D eigenvalue weighted by Crippen LogP contribution is 2.38. The molecule has 0 radical (unpaired) electrons. The molecule has 0 aliphatic carbocycles. The lowest BCUT2D eigenvalue weighted by atomic mass is 9.82. The van der Waals surface area contributed by atoms with Gasteiger partial charge in [0.2, 0.25) is 0 Å². The van der Waals surface area contributed by atoms with Crippen molar-refractivity contribution in [2.24, 2.45) is 0 Å². The van der Waals surface area contributed by atoms with Gasteiger partial charge in [-0.25, -0.2) is 9.78 Å². The number of para-hydroxylation sites is 2. The number of likely N-dealkylation sites (tertiary alicyclic amines) is 1. The van der Waals surface area contributed by atoms with Crippen LogP contribution in [0.5, 0.6) is 5.75 Å². The second kappa shape index (κ2) is 10.2. The number of carbonyl (C=O) groups excluding carboxylic acids is 2. The van der Waals surface area contributed by atoms with Crippen LogP contribution in [0, 0.1) is 0 Å². The number of aromatic nitrogens is 3. The number of nitrogens with zero attached hydrogens (tertiary/aromatic N) is 4. The lowest BCUT2D eigenvalue weighted by Crippen LogP contribution is -2.40. The van der Waals surface area contributed by atoms with Crippen LogP contribution < -0.4 is 15.3 Å². The van der Waals surface area contributed by atoms with E-state index in [1.54, 1.807) is 10.3 Å².